The molecule has 2 nitrogen and oxygen atoms in total. The molecular weight excluding hydrogens is 258 g/mol. The maximum absolute atomic E-state index is 6.05. The third kappa shape index (κ3) is 4.11. The lowest BCUT2D eigenvalue weighted by atomic mass is 10.1. The molecule has 0 spiro atoms. The molecule has 0 aliphatic heterocycles. The molecule has 2 aromatic rings. The van der Waals surface area contributed by atoms with Crippen LogP contribution in [0.4, 0.5) is 0 Å². The van der Waals surface area contributed by atoms with Crippen LogP contribution in [0, 0.1) is 0 Å². The summed E-state index contributed by atoms with van der Waals surface area (Å²) < 4.78 is 5.40. The van der Waals surface area contributed by atoms with E-state index in [9.17, 15) is 0 Å². The SMILES string of the molecule is CCOc1ccc(C=CCc2ncccc2Cl)cc1. The molecule has 0 saturated carbocycles. The number of nitrogens with zero attached hydrogens (tertiary/aromatic N) is 1. The molecule has 0 fully saturated rings. The number of rotatable bonds is 5. The second-order valence-electron chi connectivity index (χ2n) is 4.04. The van der Waals surface area contributed by atoms with Gasteiger partial charge in [0.05, 0.1) is 17.3 Å². The fraction of sp³-hybridized carbons (Fsp3) is 0.188. The highest BCUT2D eigenvalue weighted by atomic mass is 35.5. The first-order valence-corrected chi connectivity index (χ1v) is 6.66. The van der Waals surface area contributed by atoms with Crippen LogP contribution in [0.5, 0.6) is 5.75 Å². The van der Waals surface area contributed by atoms with Gasteiger partial charge in [0.1, 0.15) is 5.75 Å². The van der Waals surface area contributed by atoms with Gasteiger partial charge in [0, 0.05) is 12.6 Å². The Morgan fingerprint density at radius 2 is 2.00 bits per heavy atom. The zero-order chi connectivity index (χ0) is 13.5. The fourth-order valence-electron chi connectivity index (χ4n) is 1.72. The van der Waals surface area contributed by atoms with Crippen LogP contribution in [0.15, 0.2) is 48.7 Å². The van der Waals surface area contributed by atoms with Crippen molar-refractivity contribution in [3.63, 3.8) is 0 Å². The van der Waals surface area contributed by atoms with Crippen LogP contribution in [-0.4, -0.2) is 11.6 Å². The Bertz CT molecular complexity index is 549. The third-order valence-electron chi connectivity index (χ3n) is 2.65. The van der Waals surface area contributed by atoms with Crippen molar-refractivity contribution in [3.8, 4) is 5.75 Å². The summed E-state index contributed by atoms with van der Waals surface area (Å²) in [4.78, 5) is 4.24. The van der Waals surface area contributed by atoms with Gasteiger partial charge in [-0.05, 0) is 36.8 Å². The number of ether oxygens (including phenoxy) is 1. The molecule has 98 valence electrons. The summed E-state index contributed by atoms with van der Waals surface area (Å²) in [7, 11) is 0. The summed E-state index contributed by atoms with van der Waals surface area (Å²) in [6.07, 6.45) is 6.60. The number of hydrogen-bond donors (Lipinski definition) is 0. The molecule has 1 heterocycles. The van der Waals surface area contributed by atoms with E-state index >= 15 is 0 Å². The number of aromatic nitrogens is 1. The highest BCUT2D eigenvalue weighted by Gasteiger charge is 1.97. The highest BCUT2D eigenvalue weighted by Crippen LogP contribution is 2.15. The van der Waals surface area contributed by atoms with Crippen molar-refractivity contribution in [1.29, 1.82) is 0 Å². The van der Waals surface area contributed by atoms with Gasteiger partial charge in [-0.15, -0.1) is 0 Å². The normalized spacial score (nSPS) is 10.8. The summed E-state index contributed by atoms with van der Waals surface area (Å²) in [5.41, 5.74) is 2.03. The van der Waals surface area contributed by atoms with Crippen LogP contribution in [0.3, 0.4) is 0 Å². The van der Waals surface area contributed by atoms with E-state index in [0.29, 0.717) is 11.6 Å². The Morgan fingerprint density at radius 1 is 1.21 bits per heavy atom. The van der Waals surface area contributed by atoms with Gasteiger partial charge in [0.15, 0.2) is 0 Å². The minimum Gasteiger partial charge on any atom is -0.494 e. The van der Waals surface area contributed by atoms with Crippen molar-refractivity contribution in [2.75, 3.05) is 6.61 Å². The number of hydrogen-bond acceptors (Lipinski definition) is 2. The first-order valence-electron chi connectivity index (χ1n) is 6.28. The van der Waals surface area contributed by atoms with E-state index in [-0.39, 0.29) is 0 Å². The average molecular weight is 274 g/mol. The van der Waals surface area contributed by atoms with Gasteiger partial charge in [-0.1, -0.05) is 35.9 Å². The Balaban J connectivity index is 1.97. The lowest BCUT2D eigenvalue weighted by Gasteiger charge is -2.02. The van der Waals surface area contributed by atoms with Crippen molar-refractivity contribution in [1.82, 2.24) is 4.98 Å². The zero-order valence-electron chi connectivity index (χ0n) is 10.8. The molecular formula is C16H16ClNO. The molecule has 0 aliphatic rings. The molecule has 0 radical (unpaired) electrons. The molecule has 1 aromatic heterocycles. The van der Waals surface area contributed by atoms with Crippen LogP contribution < -0.4 is 4.74 Å². The summed E-state index contributed by atoms with van der Waals surface area (Å²) in [5.74, 6) is 0.896. The minimum atomic E-state index is 0.688. The number of pyridine rings is 1. The Hall–Kier alpha value is -1.80. The standard InChI is InChI=1S/C16H16ClNO/c1-2-19-14-10-8-13(9-11-14)5-3-7-16-15(17)6-4-12-18-16/h3-6,8-12H,2,7H2,1H3. The van der Waals surface area contributed by atoms with Crippen molar-refractivity contribution >= 4 is 17.7 Å². The summed E-state index contributed by atoms with van der Waals surface area (Å²) in [6.45, 7) is 2.66. The Kier molecular flexibility index (Phi) is 4.99. The van der Waals surface area contributed by atoms with E-state index in [2.05, 4.69) is 17.1 Å². The number of allylic oxidation sites excluding steroid dienone is 1. The van der Waals surface area contributed by atoms with Gasteiger partial charge in [-0.25, -0.2) is 0 Å². The molecule has 19 heavy (non-hydrogen) atoms. The molecule has 2 rings (SSSR count). The van der Waals surface area contributed by atoms with E-state index in [1.165, 1.54) is 0 Å². The van der Waals surface area contributed by atoms with Gasteiger partial charge >= 0.3 is 0 Å². The fourth-order valence-corrected chi connectivity index (χ4v) is 1.92. The van der Waals surface area contributed by atoms with Crippen LogP contribution in [0.2, 0.25) is 5.02 Å². The second kappa shape index (κ2) is 6.95. The maximum Gasteiger partial charge on any atom is 0.119 e. The van der Waals surface area contributed by atoms with Crippen molar-refractivity contribution in [3.05, 3.63) is 65.0 Å². The van der Waals surface area contributed by atoms with Gasteiger partial charge < -0.3 is 4.74 Å². The molecule has 0 N–H and O–H groups in total. The Labute approximate surface area is 118 Å². The van der Waals surface area contributed by atoms with E-state index in [4.69, 9.17) is 16.3 Å². The molecule has 0 amide bonds. The first-order chi connectivity index (χ1) is 9.29. The molecule has 0 saturated heterocycles. The quantitative estimate of drug-likeness (QED) is 0.806. The topological polar surface area (TPSA) is 22.1 Å². The van der Waals surface area contributed by atoms with Gasteiger partial charge in [-0.3, -0.25) is 4.98 Å². The largest absolute Gasteiger partial charge is 0.494 e. The number of halogens is 1. The molecule has 0 unspecified atom stereocenters. The predicted octanol–water partition coefficient (Wildman–Crippen LogP) is 4.39. The summed E-state index contributed by atoms with van der Waals surface area (Å²) >= 11 is 6.05. The van der Waals surface area contributed by atoms with Crippen LogP contribution >= 0.6 is 11.6 Å². The van der Waals surface area contributed by atoms with Crippen LogP contribution in [0.25, 0.3) is 6.08 Å². The van der Waals surface area contributed by atoms with E-state index in [1.807, 2.05) is 43.3 Å². The molecule has 0 bridgehead atoms. The summed E-state index contributed by atoms with van der Waals surface area (Å²) in [5, 5.41) is 0.707. The van der Waals surface area contributed by atoms with Gasteiger partial charge in [0.25, 0.3) is 0 Å². The highest BCUT2D eigenvalue weighted by molar-refractivity contribution is 6.31. The zero-order valence-corrected chi connectivity index (χ0v) is 11.6. The monoisotopic (exact) mass is 273 g/mol. The predicted molar refractivity (Wildman–Crippen MR) is 79.6 cm³/mol. The van der Waals surface area contributed by atoms with Gasteiger partial charge in [0.2, 0.25) is 0 Å². The lowest BCUT2D eigenvalue weighted by molar-refractivity contribution is 0.340. The van der Waals surface area contributed by atoms with E-state index in [1.54, 1.807) is 6.20 Å². The van der Waals surface area contributed by atoms with E-state index < -0.39 is 0 Å². The van der Waals surface area contributed by atoms with Crippen LogP contribution in [0.1, 0.15) is 18.2 Å². The molecule has 0 aliphatic carbocycles. The van der Waals surface area contributed by atoms with Crippen molar-refractivity contribution in [2.24, 2.45) is 0 Å². The van der Waals surface area contributed by atoms with Crippen molar-refractivity contribution < 1.29 is 4.74 Å². The first kappa shape index (κ1) is 13.6. The number of benzene rings is 1. The van der Waals surface area contributed by atoms with Crippen LogP contribution in [-0.2, 0) is 6.42 Å². The second-order valence-corrected chi connectivity index (χ2v) is 4.45. The smallest absolute Gasteiger partial charge is 0.119 e. The third-order valence-corrected chi connectivity index (χ3v) is 2.99. The Morgan fingerprint density at radius 3 is 2.68 bits per heavy atom. The molecule has 1 aromatic carbocycles. The average Bonchev–Trinajstić information content (AvgIpc) is 2.43. The van der Waals surface area contributed by atoms with Gasteiger partial charge in [-0.2, -0.15) is 0 Å². The molecule has 3 heteroatoms. The minimum absolute atomic E-state index is 0.688. The maximum atomic E-state index is 6.05. The van der Waals surface area contributed by atoms with E-state index in [0.717, 1.165) is 23.4 Å². The summed E-state index contributed by atoms with van der Waals surface area (Å²) in [6, 6.07) is 11.7. The molecule has 0 atom stereocenters. The lowest BCUT2D eigenvalue weighted by Crippen LogP contribution is -1.90. The van der Waals surface area contributed by atoms with Crippen molar-refractivity contribution in [2.45, 2.75) is 13.3 Å².